The van der Waals surface area contributed by atoms with Gasteiger partial charge >= 0.3 is 0 Å². The van der Waals surface area contributed by atoms with Crippen molar-refractivity contribution in [3.63, 3.8) is 0 Å². The first-order chi connectivity index (χ1) is 6.72. The van der Waals surface area contributed by atoms with Crippen LogP contribution in [0.5, 0.6) is 0 Å². The maximum absolute atomic E-state index is 5.89. The Morgan fingerprint density at radius 3 is 3.00 bits per heavy atom. The van der Waals surface area contributed by atoms with E-state index in [-0.39, 0.29) is 0 Å². The van der Waals surface area contributed by atoms with Crippen LogP contribution in [-0.4, -0.2) is 9.55 Å². The van der Waals surface area contributed by atoms with E-state index in [2.05, 4.69) is 32.4 Å². The number of hydrogen-bond donors (Lipinski definition) is 0. The van der Waals surface area contributed by atoms with Gasteiger partial charge in [-0.15, -0.1) is 0 Å². The molecule has 0 unspecified atom stereocenters. The molecule has 4 heteroatoms. The van der Waals surface area contributed by atoms with Gasteiger partial charge in [0.05, 0.1) is 11.0 Å². The second-order valence-corrected chi connectivity index (χ2v) is 4.31. The first-order valence-electron chi connectivity index (χ1n) is 4.53. The molecule has 1 aromatic heterocycles. The summed E-state index contributed by atoms with van der Waals surface area (Å²) in [7, 11) is 0. The number of hydrogen-bond acceptors (Lipinski definition) is 1. The minimum Gasteiger partial charge on any atom is -0.319 e. The third-order valence-electron chi connectivity index (χ3n) is 2.11. The highest BCUT2D eigenvalue weighted by molar-refractivity contribution is 9.10. The van der Waals surface area contributed by atoms with Gasteiger partial charge in [-0.25, -0.2) is 4.98 Å². The maximum atomic E-state index is 5.89. The number of halogens is 2. The Morgan fingerprint density at radius 2 is 2.29 bits per heavy atom. The molecule has 0 bridgehead atoms. The van der Waals surface area contributed by atoms with Crippen LogP contribution in [0.4, 0.5) is 0 Å². The first-order valence-corrected chi connectivity index (χ1v) is 5.70. The summed E-state index contributed by atoms with van der Waals surface area (Å²) in [5, 5.41) is 0.728. The fourth-order valence-electron chi connectivity index (χ4n) is 1.51. The topological polar surface area (TPSA) is 17.8 Å². The minimum absolute atomic E-state index is 0.728. The van der Waals surface area contributed by atoms with Crippen LogP contribution in [0.25, 0.3) is 11.0 Å². The summed E-state index contributed by atoms with van der Waals surface area (Å²) < 4.78 is 3.02. The fraction of sp³-hybridized carbons (Fsp3) is 0.300. The molecular formula is C10H10BrClN2. The monoisotopic (exact) mass is 272 g/mol. The number of imidazole rings is 1. The SMILES string of the molecule is CCCn1c(Br)nc2cc(Cl)ccc21. The molecule has 2 nitrogen and oxygen atoms in total. The van der Waals surface area contributed by atoms with Crippen LogP contribution in [-0.2, 0) is 6.54 Å². The molecule has 0 aliphatic rings. The van der Waals surface area contributed by atoms with Crippen molar-refractivity contribution in [3.05, 3.63) is 28.0 Å². The first kappa shape index (κ1) is 9.99. The van der Waals surface area contributed by atoms with Gasteiger partial charge in [-0.2, -0.15) is 0 Å². The maximum Gasteiger partial charge on any atom is 0.178 e. The number of fused-ring (bicyclic) bond motifs is 1. The number of benzene rings is 1. The highest BCUT2D eigenvalue weighted by Crippen LogP contribution is 2.23. The number of nitrogens with zero attached hydrogens (tertiary/aromatic N) is 2. The molecule has 0 saturated heterocycles. The zero-order valence-electron chi connectivity index (χ0n) is 7.80. The summed E-state index contributed by atoms with van der Waals surface area (Å²) in [6.45, 7) is 3.12. The highest BCUT2D eigenvalue weighted by Gasteiger charge is 2.07. The standard InChI is InChI=1S/C10H10BrClN2/c1-2-5-14-9-4-3-7(12)6-8(9)13-10(14)11/h3-4,6H,2,5H2,1H3. The second kappa shape index (κ2) is 3.91. The van der Waals surface area contributed by atoms with E-state index >= 15 is 0 Å². The van der Waals surface area contributed by atoms with Gasteiger partial charge in [-0.05, 0) is 40.5 Å². The van der Waals surface area contributed by atoms with Crippen molar-refractivity contribution in [2.75, 3.05) is 0 Å². The molecular weight excluding hydrogens is 263 g/mol. The van der Waals surface area contributed by atoms with Gasteiger partial charge in [0.1, 0.15) is 0 Å². The molecule has 0 saturated carbocycles. The Bertz CT molecular complexity index is 464. The summed E-state index contributed by atoms with van der Waals surface area (Å²) in [6.07, 6.45) is 1.09. The molecule has 74 valence electrons. The Balaban J connectivity index is 2.64. The zero-order chi connectivity index (χ0) is 10.1. The molecule has 0 atom stereocenters. The lowest BCUT2D eigenvalue weighted by Gasteiger charge is -2.02. The predicted octanol–water partition coefficient (Wildman–Crippen LogP) is 3.86. The average molecular weight is 274 g/mol. The molecule has 0 aliphatic heterocycles. The van der Waals surface area contributed by atoms with Crippen LogP contribution in [0.1, 0.15) is 13.3 Å². The van der Waals surface area contributed by atoms with E-state index in [9.17, 15) is 0 Å². The number of aryl methyl sites for hydroxylation is 1. The second-order valence-electron chi connectivity index (χ2n) is 3.17. The normalized spacial score (nSPS) is 11.1. The molecule has 2 aromatic rings. The van der Waals surface area contributed by atoms with Gasteiger partial charge in [0.15, 0.2) is 4.73 Å². The van der Waals surface area contributed by atoms with Gasteiger partial charge < -0.3 is 4.57 Å². The lowest BCUT2D eigenvalue weighted by molar-refractivity contribution is 0.682. The van der Waals surface area contributed by atoms with Crippen molar-refractivity contribution in [1.29, 1.82) is 0 Å². The van der Waals surface area contributed by atoms with Crippen LogP contribution in [0, 0.1) is 0 Å². The van der Waals surface area contributed by atoms with E-state index in [0.717, 1.165) is 33.8 Å². The van der Waals surface area contributed by atoms with E-state index in [1.807, 2.05) is 18.2 Å². The van der Waals surface area contributed by atoms with E-state index < -0.39 is 0 Å². The highest BCUT2D eigenvalue weighted by atomic mass is 79.9. The molecule has 0 amide bonds. The number of rotatable bonds is 2. The van der Waals surface area contributed by atoms with Gasteiger partial charge in [-0.3, -0.25) is 0 Å². The largest absolute Gasteiger partial charge is 0.319 e. The molecule has 0 N–H and O–H groups in total. The smallest absolute Gasteiger partial charge is 0.178 e. The Hall–Kier alpha value is -0.540. The summed E-state index contributed by atoms with van der Waals surface area (Å²) in [5.74, 6) is 0. The fourth-order valence-corrected chi connectivity index (χ4v) is 2.24. The van der Waals surface area contributed by atoms with Crippen LogP contribution >= 0.6 is 27.5 Å². The third-order valence-corrected chi connectivity index (χ3v) is 2.95. The lowest BCUT2D eigenvalue weighted by atomic mass is 10.3. The van der Waals surface area contributed by atoms with Gasteiger partial charge in [0.2, 0.25) is 0 Å². The van der Waals surface area contributed by atoms with E-state index in [1.165, 1.54) is 0 Å². The molecule has 1 heterocycles. The number of aromatic nitrogens is 2. The molecule has 0 spiro atoms. The lowest BCUT2D eigenvalue weighted by Crippen LogP contribution is -1.96. The summed E-state index contributed by atoms with van der Waals surface area (Å²) in [6, 6.07) is 5.78. The van der Waals surface area contributed by atoms with E-state index in [0.29, 0.717) is 0 Å². The molecule has 0 aliphatic carbocycles. The van der Waals surface area contributed by atoms with Crippen LogP contribution in [0.3, 0.4) is 0 Å². The van der Waals surface area contributed by atoms with Crippen molar-refractivity contribution in [3.8, 4) is 0 Å². The molecule has 2 rings (SSSR count). The van der Waals surface area contributed by atoms with Crippen molar-refractivity contribution in [2.24, 2.45) is 0 Å². The van der Waals surface area contributed by atoms with Crippen LogP contribution < -0.4 is 0 Å². The summed E-state index contributed by atoms with van der Waals surface area (Å²) in [4.78, 5) is 4.39. The van der Waals surface area contributed by atoms with E-state index in [1.54, 1.807) is 0 Å². The van der Waals surface area contributed by atoms with Gasteiger partial charge in [0.25, 0.3) is 0 Å². The van der Waals surface area contributed by atoms with Crippen LogP contribution in [0.2, 0.25) is 5.02 Å². The van der Waals surface area contributed by atoms with Crippen LogP contribution in [0.15, 0.2) is 22.9 Å². The zero-order valence-corrected chi connectivity index (χ0v) is 10.1. The average Bonchev–Trinajstić information content (AvgIpc) is 2.43. The quantitative estimate of drug-likeness (QED) is 0.812. The van der Waals surface area contributed by atoms with Crippen molar-refractivity contribution in [2.45, 2.75) is 19.9 Å². The molecule has 14 heavy (non-hydrogen) atoms. The van der Waals surface area contributed by atoms with Crippen molar-refractivity contribution < 1.29 is 0 Å². The van der Waals surface area contributed by atoms with Crippen molar-refractivity contribution >= 4 is 38.6 Å². The summed E-state index contributed by atoms with van der Waals surface area (Å²) >= 11 is 9.34. The Labute approximate surface area is 96.0 Å². The molecule has 0 radical (unpaired) electrons. The third kappa shape index (κ3) is 1.66. The Morgan fingerprint density at radius 1 is 1.50 bits per heavy atom. The predicted molar refractivity (Wildman–Crippen MR) is 62.7 cm³/mol. The minimum atomic E-state index is 0.728. The summed E-state index contributed by atoms with van der Waals surface area (Å²) in [5.41, 5.74) is 2.07. The van der Waals surface area contributed by atoms with Gasteiger partial charge in [-0.1, -0.05) is 18.5 Å². The van der Waals surface area contributed by atoms with E-state index in [4.69, 9.17) is 11.6 Å². The van der Waals surface area contributed by atoms with Gasteiger partial charge in [0, 0.05) is 11.6 Å². The molecule has 1 aromatic carbocycles. The molecule has 0 fully saturated rings. The Kier molecular flexibility index (Phi) is 2.79. The van der Waals surface area contributed by atoms with Crippen molar-refractivity contribution in [1.82, 2.24) is 9.55 Å².